The van der Waals surface area contributed by atoms with Gasteiger partial charge >= 0.3 is 0 Å². The number of benzene rings is 1. The molecule has 0 amide bonds. The van der Waals surface area contributed by atoms with E-state index < -0.39 is 0 Å². The molecule has 32 heavy (non-hydrogen) atoms. The third-order valence-electron chi connectivity index (χ3n) is 6.21. The highest BCUT2D eigenvalue weighted by Crippen LogP contribution is 2.32. The van der Waals surface area contributed by atoms with E-state index in [0.717, 1.165) is 38.8 Å². The largest absolute Gasteiger partial charge is 0.323 e. The normalized spacial score (nSPS) is 15.5. The van der Waals surface area contributed by atoms with Gasteiger partial charge in [0.15, 0.2) is 0 Å². The van der Waals surface area contributed by atoms with E-state index >= 15 is 0 Å². The van der Waals surface area contributed by atoms with E-state index in [1.54, 1.807) is 4.57 Å². The number of hydrogen-bond donors (Lipinski definition) is 2. The van der Waals surface area contributed by atoms with Crippen LogP contribution in [0.4, 0.5) is 11.6 Å². The van der Waals surface area contributed by atoms with Gasteiger partial charge in [-0.25, -0.2) is 0 Å². The molecular weight excluding hydrogens is 398 g/mol. The van der Waals surface area contributed by atoms with Crippen molar-refractivity contribution >= 4 is 23.8 Å². The molecule has 0 atom stereocenters. The van der Waals surface area contributed by atoms with Crippen molar-refractivity contribution in [3.63, 3.8) is 0 Å². The molecule has 1 fully saturated rings. The molecule has 2 aromatic heterocycles. The van der Waals surface area contributed by atoms with Crippen LogP contribution in [-0.4, -0.2) is 19.7 Å². The fraction of sp³-hybridized carbons (Fsp3) is 0.346. The van der Waals surface area contributed by atoms with Crippen molar-refractivity contribution in [3.8, 4) is 11.1 Å². The molecule has 0 radical (unpaired) electrons. The second-order valence-corrected chi connectivity index (χ2v) is 8.72. The first-order valence-corrected chi connectivity index (χ1v) is 11.2. The monoisotopic (exact) mass is 429 g/mol. The molecule has 1 aliphatic carbocycles. The third kappa shape index (κ3) is 4.31. The van der Waals surface area contributed by atoms with Gasteiger partial charge in [0.1, 0.15) is 5.82 Å². The smallest absolute Gasteiger partial charge is 0.258 e. The van der Waals surface area contributed by atoms with E-state index in [0.29, 0.717) is 17.4 Å². The van der Waals surface area contributed by atoms with Gasteiger partial charge in [0.05, 0.1) is 5.35 Å². The zero-order chi connectivity index (χ0) is 22.8. The van der Waals surface area contributed by atoms with Crippen molar-refractivity contribution in [2.75, 3.05) is 5.32 Å². The molecule has 1 aliphatic rings. The van der Waals surface area contributed by atoms with E-state index in [1.165, 1.54) is 25.7 Å². The average molecular weight is 430 g/mol. The highest BCUT2D eigenvalue weighted by Gasteiger charge is 2.20. The van der Waals surface area contributed by atoms with Crippen LogP contribution in [0.1, 0.15) is 56.8 Å². The lowest BCUT2D eigenvalue weighted by molar-refractivity contribution is 0.672. The quantitative estimate of drug-likeness (QED) is 0.642. The van der Waals surface area contributed by atoms with E-state index in [9.17, 15) is 4.79 Å². The Morgan fingerprint density at radius 1 is 1.25 bits per heavy atom. The summed E-state index contributed by atoms with van der Waals surface area (Å²) in [6.07, 6.45) is 8.81. The van der Waals surface area contributed by atoms with Crippen LogP contribution in [0.3, 0.4) is 0 Å². The number of H-pyrrole nitrogens is 1. The van der Waals surface area contributed by atoms with Gasteiger partial charge in [-0.2, -0.15) is 4.98 Å². The summed E-state index contributed by atoms with van der Waals surface area (Å²) in [5.74, 6) is 2.00. The molecule has 1 saturated carbocycles. The molecule has 0 saturated heterocycles. The van der Waals surface area contributed by atoms with Crippen LogP contribution in [0.5, 0.6) is 0 Å². The maximum atomic E-state index is 13.3. The molecule has 6 nitrogen and oxygen atoms in total. The summed E-state index contributed by atoms with van der Waals surface area (Å²) in [5.41, 5.74) is 4.32. The molecule has 0 unspecified atom stereocenters. The molecular formula is C26H31N5O. The first-order valence-electron chi connectivity index (χ1n) is 11.2. The topological polar surface area (TPSA) is 75.6 Å². The number of anilines is 2. The molecule has 0 bridgehead atoms. The van der Waals surface area contributed by atoms with Crippen molar-refractivity contribution < 1.29 is 0 Å². The van der Waals surface area contributed by atoms with Crippen molar-refractivity contribution in [1.29, 1.82) is 0 Å². The summed E-state index contributed by atoms with van der Waals surface area (Å²) < 4.78 is 1.70. The Bertz CT molecular complexity index is 1340. The maximum absolute atomic E-state index is 13.3. The van der Waals surface area contributed by atoms with Gasteiger partial charge in [-0.3, -0.25) is 9.89 Å². The summed E-state index contributed by atoms with van der Waals surface area (Å²) in [6.45, 7) is 9.89. The predicted molar refractivity (Wildman–Crippen MR) is 131 cm³/mol. The lowest BCUT2D eigenvalue weighted by Gasteiger charge is -2.11. The number of nitrogens with zero attached hydrogens (tertiary/aromatic N) is 3. The van der Waals surface area contributed by atoms with E-state index in [2.05, 4.69) is 27.1 Å². The Morgan fingerprint density at radius 3 is 2.69 bits per heavy atom. The second-order valence-electron chi connectivity index (χ2n) is 8.72. The van der Waals surface area contributed by atoms with Crippen LogP contribution in [0, 0.1) is 6.92 Å². The second kappa shape index (κ2) is 8.99. The number of pyridine rings is 1. The van der Waals surface area contributed by atoms with Gasteiger partial charge in [0.2, 0.25) is 5.95 Å². The number of hydrogen-bond acceptors (Lipinski definition) is 4. The third-order valence-corrected chi connectivity index (χ3v) is 6.21. The Morgan fingerprint density at radius 2 is 2.00 bits per heavy atom. The molecule has 0 aliphatic heterocycles. The lowest BCUT2D eigenvalue weighted by Crippen LogP contribution is -2.42. The molecule has 2 heterocycles. The minimum Gasteiger partial charge on any atom is -0.323 e. The van der Waals surface area contributed by atoms with Crippen molar-refractivity contribution in [3.05, 3.63) is 68.7 Å². The van der Waals surface area contributed by atoms with Crippen molar-refractivity contribution in [1.82, 2.24) is 19.7 Å². The molecule has 3 aromatic rings. The number of rotatable bonds is 5. The summed E-state index contributed by atoms with van der Waals surface area (Å²) in [7, 11) is 1.81. The van der Waals surface area contributed by atoms with Crippen LogP contribution in [-0.2, 0) is 7.05 Å². The van der Waals surface area contributed by atoms with Crippen LogP contribution in [0.25, 0.3) is 23.3 Å². The minimum atomic E-state index is -0.0373. The molecule has 6 heteroatoms. The zero-order valence-corrected chi connectivity index (χ0v) is 19.3. The number of nitrogens with one attached hydrogen (secondary N) is 2. The van der Waals surface area contributed by atoms with Crippen LogP contribution in [0.2, 0.25) is 0 Å². The summed E-state index contributed by atoms with van der Waals surface area (Å²) in [5, 5.41) is 12.6. The molecule has 2 N–H and O–H groups in total. The van der Waals surface area contributed by atoms with Crippen molar-refractivity contribution in [2.45, 2.75) is 52.4 Å². The molecule has 4 rings (SSSR count). The summed E-state index contributed by atoms with van der Waals surface area (Å²) in [4.78, 5) is 17.9. The van der Waals surface area contributed by atoms with E-state index in [1.807, 2.05) is 64.2 Å². The van der Waals surface area contributed by atoms with Gasteiger partial charge in [-0.1, -0.05) is 37.1 Å². The fourth-order valence-corrected chi connectivity index (χ4v) is 4.44. The van der Waals surface area contributed by atoms with E-state index in [4.69, 9.17) is 0 Å². The zero-order valence-electron chi connectivity index (χ0n) is 19.3. The standard InChI is InChI=1S/C26H31N5O/c1-6-18-14-22(25(32)31(5)23(18)13-16(2)3)21-15-20(12-11-17(21)4)27-26-28-24(29-30-26)19-9-7-8-10-19/h6,11-15,19H,2,7-10H2,1,3-5H3,(H2,27,28,29,30)/b18-6-,23-13+. The number of aryl methyl sites for hydroxylation is 1. The lowest BCUT2D eigenvalue weighted by atomic mass is 10.00. The van der Waals surface area contributed by atoms with E-state index in [-0.39, 0.29) is 5.56 Å². The molecule has 0 spiro atoms. The molecule has 1 aromatic carbocycles. The van der Waals surface area contributed by atoms with Gasteiger partial charge in [-0.05, 0) is 74.2 Å². The maximum Gasteiger partial charge on any atom is 0.258 e. The summed E-state index contributed by atoms with van der Waals surface area (Å²) in [6, 6.07) is 7.98. The number of aromatic amines is 1. The first-order chi connectivity index (χ1) is 15.4. The SMILES string of the molecule is C=C(C)/C=c1\c(=C/C)cc(-c2cc(Nc3n[nH]c(C4CCCC4)n3)ccc2C)c(=O)n1C. The minimum absolute atomic E-state index is 0.0373. The molecule has 166 valence electrons. The van der Waals surface area contributed by atoms with Crippen LogP contribution >= 0.6 is 0 Å². The first kappa shape index (κ1) is 21.8. The number of aromatic nitrogens is 4. The Labute approximate surface area is 188 Å². The van der Waals surface area contributed by atoms with Gasteiger partial charge in [0, 0.05) is 24.2 Å². The van der Waals surface area contributed by atoms with Crippen LogP contribution in [0.15, 0.2) is 41.2 Å². The summed E-state index contributed by atoms with van der Waals surface area (Å²) >= 11 is 0. The van der Waals surface area contributed by atoms with Crippen molar-refractivity contribution in [2.24, 2.45) is 7.05 Å². The number of allylic oxidation sites excluding steroid dienone is 1. The fourth-order valence-electron chi connectivity index (χ4n) is 4.44. The van der Waals surface area contributed by atoms with Gasteiger partial charge < -0.3 is 9.88 Å². The predicted octanol–water partition coefficient (Wildman–Crippen LogP) is 4.04. The Kier molecular flexibility index (Phi) is 6.12. The highest BCUT2D eigenvalue weighted by atomic mass is 16.1. The van der Waals surface area contributed by atoms with Gasteiger partial charge in [-0.15, -0.1) is 5.10 Å². The average Bonchev–Trinajstić information content (AvgIpc) is 3.45. The highest BCUT2D eigenvalue weighted by molar-refractivity contribution is 5.72. The van der Waals surface area contributed by atoms with Crippen LogP contribution < -0.4 is 21.4 Å². The Balaban J connectivity index is 1.73. The van der Waals surface area contributed by atoms with Gasteiger partial charge in [0.25, 0.3) is 5.56 Å². The Hall–Kier alpha value is -3.41.